The molecule has 1 aromatic rings. The van der Waals surface area contributed by atoms with Crippen LogP contribution in [-0.4, -0.2) is 21.7 Å². The first-order chi connectivity index (χ1) is 7.37. The third-order valence-corrected chi connectivity index (χ3v) is 2.56. The minimum absolute atomic E-state index is 0.247. The molecule has 1 aromatic heterocycles. The first-order valence-corrected chi connectivity index (χ1v) is 5.40. The third-order valence-electron chi connectivity index (χ3n) is 2.56. The lowest BCUT2D eigenvalue weighted by Gasteiger charge is -2.23. The summed E-state index contributed by atoms with van der Waals surface area (Å²) >= 11 is 0. The van der Waals surface area contributed by atoms with Gasteiger partial charge in [0.25, 0.3) is 0 Å². The molecule has 0 aliphatic carbocycles. The van der Waals surface area contributed by atoms with Crippen LogP contribution in [0, 0.1) is 0 Å². The van der Waals surface area contributed by atoms with Crippen molar-refractivity contribution in [3.05, 3.63) is 17.5 Å². The highest BCUT2D eigenvalue weighted by atomic mass is 16.6. The number of hydrogen-bond donors (Lipinski definition) is 1. The summed E-state index contributed by atoms with van der Waals surface area (Å²) in [6, 6.07) is 0. The number of aromatic nitrogens is 2. The monoisotopic (exact) mass is 224 g/mol. The first-order valence-electron chi connectivity index (χ1n) is 5.40. The van der Waals surface area contributed by atoms with E-state index in [1.165, 1.54) is 0 Å². The van der Waals surface area contributed by atoms with Crippen LogP contribution in [0.2, 0.25) is 0 Å². The number of rotatable bonds is 0. The number of hydrogen-bond acceptors (Lipinski definition) is 2. The fraction of sp³-hybridized carbons (Fsp3) is 0.636. The standard InChI is InChI=1S/C11H17N3O2/c1-11(2,3)16-10(15)14-6-8-5-12-13(4)9(8)7-14/h5H,6-7H2,1-4H3/p+1. The number of aryl methyl sites for hydroxylation is 1. The van der Waals surface area contributed by atoms with Crippen molar-refractivity contribution in [1.29, 1.82) is 0 Å². The van der Waals surface area contributed by atoms with Gasteiger partial charge >= 0.3 is 6.09 Å². The molecule has 1 N–H and O–H groups in total. The van der Waals surface area contributed by atoms with Crippen molar-refractivity contribution < 1.29 is 14.2 Å². The number of aromatic amines is 1. The number of ether oxygens (including phenoxy) is 1. The van der Waals surface area contributed by atoms with Crippen LogP contribution in [0.5, 0.6) is 0 Å². The molecule has 2 rings (SSSR count). The minimum atomic E-state index is -0.433. The quantitative estimate of drug-likeness (QED) is 0.671. The molecule has 0 saturated heterocycles. The van der Waals surface area contributed by atoms with Crippen molar-refractivity contribution >= 4 is 6.09 Å². The van der Waals surface area contributed by atoms with Crippen LogP contribution in [0.3, 0.4) is 0 Å². The highest BCUT2D eigenvalue weighted by Gasteiger charge is 2.33. The largest absolute Gasteiger partial charge is 0.444 e. The maximum absolute atomic E-state index is 11.8. The zero-order valence-electron chi connectivity index (χ0n) is 10.2. The molecule has 5 nitrogen and oxygen atoms in total. The lowest BCUT2D eigenvalue weighted by atomic mass is 10.2. The van der Waals surface area contributed by atoms with Crippen molar-refractivity contribution in [2.45, 2.75) is 39.5 Å². The van der Waals surface area contributed by atoms with E-state index in [9.17, 15) is 4.79 Å². The van der Waals surface area contributed by atoms with E-state index < -0.39 is 5.60 Å². The van der Waals surface area contributed by atoms with E-state index in [4.69, 9.17) is 4.74 Å². The lowest BCUT2D eigenvalue weighted by molar-refractivity contribution is -0.733. The summed E-state index contributed by atoms with van der Waals surface area (Å²) in [4.78, 5) is 13.5. The summed E-state index contributed by atoms with van der Waals surface area (Å²) < 4.78 is 7.26. The Kier molecular flexibility index (Phi) is 2.40. The number of amides is 1. The smallest absolute Gasteiger partial charge is 0.411 e. The van der Waals surface area contributed by atoms with Gasteiger partial charge in [-0.05, 0) is 20.8 Å². The van der Waals surface area contributed by atoms with Crippen molar-refractivity contribution in [3.63, 3.8) is 0 Å². The topological polar surface area (TPSA) is 49.2 Å². The zero-order valence-corrected chi connectivity index (χ0v) is 10.2. The molecule has 0 bridgehead atoms. The maximum Gasteiger partial charge on any atom is 0.411 e. The highest BCUT2D eigenvalue weighted by molar-refractivity contribution is 5.68. The third kappa shape index (κ3) is 2.03. The van der Waals surface area contributed by atoms with Crippen molar-refractivity contribution in [2.75, 3.05) is 0 Å². The average molecular weight is 224 g/mol. The molecule has 1 aliphatic heterocycles. The molecule has 2 heterocycles. The maximum atomic E-state index is 11.8. The molecule has 0 aromatic carbocycles. The summed E-state index contributed by atoms with van der Waals surface area (Å²) in [6.45, 7) is 6.87. The van der Waals surface area contributed by atoms with E-state index in [2.05, 4.69) is 5.10 Å². The second-order valence-electron chi connectivity index (χ2n) is 5.14. The van der Waals surface area contributed by atoms with Crippen LogP contribution in [0.15, 0.2) is 6.20 Å². The zero-order chi connectivity index (χ0) is 11.9. The van der Waals surface area contributed by atoms with Gasteiger partial charge in [-0.25, -0.2) is 4.79 Å². The van der Waals surface area contributed by atoms with Crippen LogP contribution in [0.1, 0.15) is 32.0 Å². The summed E-state index contributed by atoms with van der Waals surface area (Å²) in [5.74, 6) is 0. The number of nitrogens with one attached hydrogen (secondary N) is 1. The van der Waals surface area contributed by atoms with Crippen molar-refractivity contribution in [2.24, 2.45) is 7.05 Å². The Morgan fingerprint density at radius 3 is 2.75 bits per heavy atom. The second kappa shape index (κ2) is 3.50. The van der Waals surface area contributed by atoms with Gasteiger partial charge in [0.1, 0.15) is 12.1 Å². The molecule has 0 atom stereocenters. The number of nitrogens with zero attached hydrogens (tertiary/aromatic N) is 2. The van der Waals surface area contributed by atoms with E-state index in [1.807, 2.05) is 38.7 Å². The summed E-state index contributed by atoms with van der Waals surface area (Å²) in [5, 5.41) is 3.08. The summed E-state index contributed by atoms with van der Waals surface area (Å²) in [5.41, 5.74) is 1.87. The predicted octanol–water partition coefficient (Wildman–Crippen LogP) is 1.09. The van der Waals surface area contributed by atoms with Crippen LogP contribution in [0.25, 0.3) is 0 Å². The number of carbonyl (C=O) groups excluding carboxylic acids is 1. The molecule has 0 unspecified atom stereocenters. The second-order valence-corrected chi connectivity index (χ2v) is 5.14. The van der Waals surface area contributed by atoms with Gasteiger partial charge in [0.15, 0.2) is 7.05 Å². The van der Waals surface area contributed by atoms with Crippen LogP contribution in [0.4, 0.5) is 4.79 Å². The Balaban J connectivity index is 2.04. The first kappa shape index (κ1) is 11.0. The molecule has 0 radical (unpaired) electrons. The van der Waals surface area contributed by atoms with Gasteiger partial charge in [-0.2, -0.15) is 5.10 Å². The SMILES string of the molecule is C[n+]1[nH]cc2c1CN(C(=O)OC(C)(C)C)C2. The van der Waals surface area contributed by atoms with Gasteiger partial charge in [-0.3, -0.25) is 4.90 Å². The van der Waals surface area contributed by atoms with Gasteiger partial charge in [0, 0.05) is 0 Å². The van der Waals surface area contributed by atoms with Gasteiger partial charge < -0.3 is 4.74 Å². The molecule has 1 amide bonds. The molecule has 88 valence electrons. The predicted molar refractivity (Wildman–Crippen MR) is 57.4 cm³/mol. The van der Waals surface area contributed by atoms with E-state index in [0.29, 0.717) is 13.1 Å². The van der Waals surface area contributed by atoms with Crippen molar-refractivity contribution in [1.82, 2.24) is 10.00 Å². The Morgan fingerprint density at radius 2 is 2.19 bits per heavy atom. The Bertz CT molecular complexity index is 417. The molecule has 1 aliphatic rings. The molecule has 16 heavy (non-hydrogen) atoms. The normalized spacial score (nSPS) is 15.1. The fourth-order valence-corrected chi connectivity index (χ4v) is 1.79. The van der Waals surface area contributed by atoms with Crippen LogP contribution in [-0.2, 0) is 24.9 Å². The number of H-pyrrole nitrogens is 1. The van der Waals surface area contributed by atoms with Gasteiger partial charge in [0.05, 0.1) is 18.3 Å². The van der Waals surface area contributed by atoms with Gasteiger partial charge in [-0.1, -0.05) is 0 Å². The molecule has 0 spiro atoms. The van der Waals surface area contributed by atoms with Gasteiger partial charge in [-0.15, -0.1) is 4.68 Å². The Labute approximate surface area is 95.0 Å². The number of fused-ring (bicyclic) bond motifs is 1. The highest BCUT2D eigenvalue weighted by Crippen LogP contribution is 2.21. The van der Waals surface area contributed by atoms with E-state index in [-0.39, 0.29) is 6.09 Å². The molecule has 0 saturated carbocycles. The summed E-state index contributed by atoms with van der Waals surface area (Å²) in [7, 11) is 1.94. The molecular formula is C11H18N3O2+. The average Bonchev–Trinajstić information content (AvgIpc) is 2.65. The van der Waals surface area contributed by atoms with E-state index in [0.717, 1.165) is 11.3 Å². The number of carbonyl (C=O) groups is 1. The fourth-order valence-electron chi connectivity index (χ4n) is 1.79. The van der Waals surface area contributed by atoms with Crippen LogP contribution >= 0.6 is 0 Å². The Hall–Kier alpha value is -1.52. The van der Waals surface area contributed by atoms with Crippen molar-refractivity contribution in [3.8, 4) is 0 Å². The Morgan fingerprint density at radius 1 is 1.50 bits per heavy atom. The molecule has 0 fully saturated rings. The van der Waals surface area contributed by atoms with Crippen LogP contribution < -0.4 is 4.68 Å². The van der Waals surface area contributed by atoms with Gasteiger partial charge in [0.2, 0.25) is 5.69 Å². The van der Waals surface area contributed by atoms with E-state index >= 15 is 0 Å². The molecular weight excluding hydrogens is 206 g/mol. The summed E-state index contributed by atoms with van der Waals surface area (Å²) in [6.07, 6.45) is 1.68. The lowest BCUT2D eigenvalue weighted by Crippen LogP contribution is -2.38. The molecule has 5 heteroatoms. The minimum Gasteiger partial charge on any atom is -0.444 e. The van der Waals surface area contributed by atoms with E-state index in [1.54, 1.807) is 4.90 Å².